The third kappa shape index (κ3) is 3.00. The Morgan fingerprint density at radius 1 is 1.42 bits per heavy atom. The summed E-state index contributed by atoms with van der Waals surface area (Å²) in [6, 6.07) is 6.70. The van der Waals surface area contributed by atoms with Crippen LogP contribution in [0.5, 0.6) is 5.88 Å². The van der Waals surface area contributed by atoms with Gasteiger partial charge in [-0.3, -0.25) is 4.79 Å². The fourth-order valence-electron chi connectivity index (χ4n) is 3.96. The van der Waals surface area contributed by atoms with Crippen molar-refractivity contribution in [3.8, 4) is 5.88 Å². The summed E-state index contributed by atoms with van der Waals surface area (Å²) in [6.07, 6.45) is 2.17. The molecule has 4 atom stereocenters. The zero-order valence-corrected chi connectivity index (χ0v) is 16.1. The van der Waals surface area contributed by atoms with Gasteiger partial charge in [0, 0.05) is 28.2 Å². The van der Waals surface area contributed by atoms with Gasteiger partial charge in [-0.15, -0.1) is 0 Å². The van der Waals surface area contributed by atoms with Gasteiger partial charge in [0.25, 0.3) is 0 Å². The van der Waals surface area contributed by atoms with Gasteiger partial charge in [-0.2, -0.15) is 0 Å². The van der Waals surface area contributed by atoms with E-state index in [1.54, 1.807) is 25.3 Å². The molecular weight excluding hydrogens is 401 g/mol. The van der Waals surface area contributed by atoms with Crippen molar-refractivity contribution in [2.24, 2.45) is 11.8 Å². The van der Waals surface area contributed by atoms with Crippen LogP contribution in [0, 0.1) is 17.7 Å². The largest absolute Gasteiger partial charge is 0.470 e. The first-order valence-corrected chi connectivity index (χ1v) is 9.56. The molecule has 0 amide bonds. The molecule has 26 heavy (non-hydrogen) atoms. The van der Waals surface area contributed by atoms with Crippen molar-refractivity contribution in [3.63, 3.8) is 0 Å². The number of halogens is 2. The number of hydrogen-bond acceptors (Lipinski definition) is 4. The number of aromatic nitrogens is 1. The highest BCUT2D eigenvalue weighted by atomic mass is 79.9. The Labute approximate surface area is 159 Å². The van der Waals surface area contributed by atoms with Crippen molar-refractivity contribution >= 4 is 21.9 Å². The summed E-state index contributed by atoms with van der Waals surface area (Å²) in [5, 5.41) is 0. The number of rotatable bonds is 5. The normalized spacial score (nSPS) is 23.8. The Kier molecular flexibility index (Phi) is 4.47. The summed E-state index contributed by atoms with van der Waals surface area (Å²) in [7, 11) is 0. The molecule has 0 saturated heterocycles. The first kappa shape index (κ1) is 17.5. The molecule has 0 spiro atoms. The average molecular weight is 420 g/mol. The monoisotopic (exact) mass is 419 g/mol. The molecule has 136 valence electrons. The van der Waals surface area contributed by atoms with E-state index in [2.05, 4.69) is 20.9 Å². The van der Waals surface area contributed by atoms with Crippen LogP contribution in [0.2, 0.25) is 0 Å². The average Bonchev–Trinajstić information content (AvgIpc) is 3.19. The Morgan fingerprint density at radius 2 is 2.23 bits per heavy atom. The quantitative estimate of drug-likeness (QED) is 0.665. The van der Waals surface area contributed by atoms with Crippen LogP contribution in [0.15, 0.2) is 34.9 Å². The maximum Gasteiger partial charge on any atom is 0.309 e. The van der Waals surface area contributed by atoms with Crippen LogP contribution < -0.4 is 4.74 Å². The van der Waals surface area contributed by atoms with Crippen LogP contribution in [0.4, 0.5) is 4.39 Å². The predicted octanol–water partition coefficient (Wildman–Crippen LogP) is 4.57. The number of ether oxygens (including phenoxy) is 2. The van der Waals surface area contributed by atoms with E-state index in [4.69, 9.17) is 9.47 Å². The number of esters is 1. The highest BCUT2D eigenvalue weighted by Gasteiger charge is 2.60. The Morgan fingerprint density at radius 3 is 3.00 bits per heavy atom. The van der Waals surface area contributed by atoms with E-state index in [9.17, 15) is 9.18 Å². The van der Waals surface area contributed by atoms with Gasteiger partial charge in [-0.05, 0) is 55.5 Å². The highest BCUT2D eigenvalue weighted by Crippen LogP contribution is 2.61. The molecule has 1 heterocycles. The van der Waals surface area contributed by atoms with E-state index >= 15 is 0 Å². The molecule has 0 radical (unpaired) electrons. The summed E-state index contributed by atoms with van der Waals surface area (Å²) >= 11 is 3.35. The van der Waals surface area contributed by atoms with E-state index in [-0.39, 0.29) is 23.6 Å². The number of benzene rings is 1. The molecule has 0 aliphatic heterocycles. The van der Waals surface area contributed by atoms with Crippen LogP contribution >= 0.6 is 15.9 Å². The molecule has 1 aromatic heterocycles. The number of fused-ring (bicyclic) bond motifs is 3. The number of hydrogen-bond donors (Lipinski definition) is 0. The molecule has 2 aliphatic carbocycles. The molecule has 0 bridgehead atoms. The third-order valence-electron chi connectivity index (χ3n) is 5.23. The molecule has 0 unspecified atom stereocenters. The second-order valence-electron chi connectivity index (χ2n) is 6.82. The SMILES string of the molecule is CCOC(=O)[C@H]1[C@H]2Cc3cc(O[C@@H](C)c4cc(Br)ccc4F)ncc3[C@@H]21. The van der Waals surface area contributed by atoms with E-state index in [1.807, 2.05) is 13.0 Å². The van der Waals surface area contributed by atoms with Crippen LogP contribution in [0.1, 0.15) is 42.6 Å². The minimum Gasteiger partial charge on any atom is -0.470 e. The summed E-state index contributed by atoms with van der Waals surface area (Å²) in [5.74, 6) is 0.592. The number of carbonyl (C=O) groups is 1. The zero-order chi connectivity index (χ0) is 18.4. The van der Waals surface area contributed by atoms with Gasteiger partial charge in [0.15, 0.2) is 0 Å². The highest BCUT2D eigenvalue weighted by molar-refractivity contribution is 9.10. The van der Waals surface area contributed by atoms with Crippen LogP contribution in [-0.2, 0) is 16.0 Å². The van der Waals surface area contributed by atoms with Crippen molar-refractivity contribution in [1.29, 1.82) is 0 Å². The van der Waals surface area contributed by atoms with E-state index < -0.39 is 6.10 Å². The molecule has 4 nitrogen and oxygen atoms in total. The topological polar surface area (TPSA) is 48.4 Å². The van der Waals surface area contributed by atoms with Gasteiger partial charge in [0.1, 0.15) is 11.9 Å². The molecular formula is C20H19BrFNO3. The van der Waals surface area contributed by atoms with E-state index in [1.165, 1.54) is 6.07 Å². The van der Waals surface area contributed by atoms with Crippen molar-refractivity contribution in [2.45, 2.75) is 32.3 Å². The van der Waals surface area contributed by atoms with Crippen LogP contribution in [0.3, 0.4) is 0 Å². The summed E-state index contributed by atoms with van der Waals surface area (Å²) in [6.45, 7) is 4.04. The maximum absolute atomic E-state index is 14.0. The van der Waals surface area contributed by atoms with Crippen LogP contribution in [0.25, 0.3) is 0 Å². The second kappa shape index (κ2) is 6.65. The Balaban J connectivity index is 1.48. The summed E-state index contributed by atoms with van der Waals surface area (Å²) < 4.78 is 25.8. The van der Waals surface area contributed by atoms with Crippen LogP contribution in [-0.4, -0.2) is 17.6 Å². The standard InChI is InChI=1S/C20H19BrFNO3/c1-3-25-20(24)19-14-6-11-7-17(23-9-15(11)18(14)19)26-10(2)13-8-12(21)4-5-16(13)22/h4-5,7-10,14,18-19H,3,6H2,1-2H3/t10-,14-,18+,19-/m0/s1. The van der Waals surface area contributed by atoms with Gasteiger partial charge in [0.05, 0.1) is 12.5 Å². The Hall–Kier alpha value is -1.95. The lowest BCUT2D eigenvalue weighted by molar-refractivity contribution is -0.145. The molecule has 2 aliphatic rings. The Bertz CT molecular complexity index is 872. The van der Waals surface area contributed by atoms with E-state index in [0.29, 0.717) is 24.0 Å². The molecule has 1 aromatic carbocycles. The number of nitrogens with zero attached hydrogens (tertiary/aromatic N) is 1. The van der Waals surface area contributed by atoms with Crippen molar-refractivity contribution in [3.05, 3.63) is 57.4 Å². The van der Waals surface area contributed by atoms with Crippen molar-refractivity contribution in [1.82, 2.24) is 4.98 Å². The zero-order valence-electron chi connectivity index (χ0n) is 14.5. The third-order valence-corrected chi connectivity index (χ3v) is 5.73. The first-order chi connectivity index (χ1) is 12.5. The lowest BCUT2D eigenvalue weighted by Gasteiger charge is -2.16. The fourth-order valence-corrected chi connectivity index (χ4v) is 4.34. The first-order valence-electron chi connectivity index (χ1n) is 8.76. The molecule has 4 rings (SSSR count). The molecule has 1 fully saturated rings. The smallest absolute Gasteiger partial charge is 0.309 e. The molecule has 6 heteroatoms. The van der Waals surface area contributed by atoms with E-state index in [0.717, 1.165) is 22.0 Å². The predicted molar refractivity (Wildman–Crippen MR) is 97.4 cm³/mol. The van der Waals surface area contributed by atoms with Gasteiger partial charge in [-0.1, -0.05) is 15.9 Å². The maximum atomic E-state index is 14.0. The number of carbonyl (C=O) groups excluding carboxylic acids is 1. The lowest BCUT2D eigenvalue weighted by atomic mass is 10.0. The molecule has 0 N–H and O–H groups in total. The fraction of sp³-hybridized carbons (Fsp3) is 0.400. The lowest BCUT2D eigenvalue weighted by Crippen LogP contribution is -2.11. The van der Waals surface area contributed by atoms with Gasteiger partial charge in [-0.25, -0.2) is 9.37 Å². The second-order valence-corrected chi connectivity index (χ2v) is 7.73. The summed E-state index contributed by atoms with van der Waals surface area (Å²) in [5.41, 5.74) is 2.75. The minimum atomic E-state index is -0.457. The summed E-state index contributed by atoms with van der Waals surface area (Å²) in [4.78, 5) is 16.3. The van der Waals surface area contributed by atoms with Gasteiger partial charge in [0.2, 0.25) is 5.88 Å². The van der Waals surface area contributed by atoms with Gasteiger partial charge < -0.3 is 9.47 Å². The van der Waals surface area contributed by atoms with Gasteiger partial charge >= 0.3 is 5.97 Å². The molecule has 2 aromatic rings. The van der Waals surface area contributed by atoms with Crippen molar-refractivity contribution < 1.29 is 18.7 Å². The number of pyridine rings is 1. The minimum absolute atomic E-state index is 0.0225. The van der Waals surface area contributed by atoms with Crippen molar-refractivity contribution in [2.75, 3.05) is 6.61 Å². The molecule has 1 saturated carbocycles.